The van der Waals surface area contributed by atoms with Gasteiger partial charge in [-0.3, -0.25) is 24.6 Å². The number of carbonyl (C=O) groups is 5. The Labute approximate surface area is 184 Å². The molecular weight excluding hydrogens is 420 g/mol. The molecule has 11 heteroatoms. The van der Waals surface area contributed by atoms with Crippen molar-refractivity contribution >= 4 is 35.5 Å². The highest BCUT2D eigenvalue weighted by atomic mass is 16.5. The zero-order valence-electron chi connectivity index (χ0n) is 17.9. The largest absolute Gasteiger partial charge is 0.497 e. The lowest BCUT2D eigenvalue weighted by Crippen LogP contribution is -2.54. The Balaban J connectivity index is 1.45. The summed E-state index contributed by atoms with van der Waals surface area (Å²) in [6.45, 7) is 0.561. The Morgan fingerprint density at radius 3 is 2.56 bits per heavy atom. The van der Waals surface area contributed by atoms with Crippen molar-refractivity contribution in [1.82, 2.24) is 15.5 Å². The summed E-state index contributed by atoms with van der Waals surface area (Å²) in [7, 11) is 1.51. The number of imide groups is 2. The quantitative estimate of drug-likeness (QED) is 0.442. The maximum Gasteiger partial charge on any atom is 0.326 e. The van der Waals surface area contributed by atoms with Gasteiger partial charge in [-0.15, -0.1) is 0 Å². The first kappa shape index (κ1) is 23.0. The summed E-state index contributed by atoms with van der Waals surface area (Å²) < 4.78 is 9.84. The van der Waals surface area contributed by atoms with Gasteiger partial charge in [-0.25, -0.2) is 9.59 Å². The summed E-state index contributed by atoms with van der Waals surface area (Å²) >= 11 is 0. The minimum Gasteiger partial charge on any atom is -0.497 e. The first-order chi connectivity index (χ1) is 15.2. The van der Waals surface area contributed by atoms with Crippen LogP contribution in [0, 0.1) is 5.92 Å². The van der Waals surface area contributed by atoms with Crippen LogP contribution in [-0.4, -0.2) is 60.5 Å². The number of anilines is 1. The molecule has 1 spiro atoms. The van der Waals surface area contributed by atoms with Crippen LogP contribution >= 0.6 is 0 Å². The first-order valence-corrected chi connectivity index (χ1v) is 10.3. The maximum absolute atomic E-state index is 12.8. The smallest absolute Gasteiger partial charge is 0.326 e. The fraction of sp³-hybridized carbons (Fsp3) is 0.476. The number of esters is 1. The van der Waals surface area contributed by atoms with Crippen LogP contribution in [0.3, 0.4) is 0 Å². The van der Waals surface area contributed by atoms with Gasteiger partial charge in [0, 0.05) is 5.69 Å². The van der Waals surface area contributed by atoms with E-state index in [1.165, 1.54) is 7.11 Å². The number of nitrogens with zero attached hydrogens (tertiary/aromatic N) is 1. The summed E-state index contributed by atoms with van der Waals surface area (Å²) in [4.78, 5) is 61.8. The van der Waals surface area contributed by atoms with E-state index in [9.17, 15) is 24.0 Å². The Morgan fingerprint density at radius 2 is 1.91 bits per heavy atom. The molecule has 172 valence electrons. The zero-order valence-corrected chi connectivity index (χ0v) is 17.9. The second-order valence-corrected chi connectivity index (χ2v) is 7.83. The van der Waals surface area contributed by atoms with Gasteiger partial charge in [0.2, 0.25) is 0 Å². The molecule has 32 heavy (non-hydrogen) atoms. The number of urea groups is 2. The third kappa shape index (κ3) is 4.98. The molecule has 1 saturated carbocycles. The molecule has 2 fully saturated rings. The van der Waals surface area contributed by atoms with Crippen LogP contribution < -0.4 is 20.7 Å². The Hall–Kier alpha value is -3.63. The summed E-state index contributed by atoms with van der Waals surface area (Å²) in [6, 6.07) is 4.98. The SMILES string of the molecule is COc1ccc(NC(=O)NC(=O)COC(=O)CN2C(=O)NC3(CCCCC3C)C2=O)cc1. The van der Waals surface area contributed by atoms with Crippen LogP contribution in [0.25, 0.3) is 0 Å². The molecule has 1 aliphatic carbocycles. The van der Waals surface area contributed by atoms with Crippen LogP contribution in [0.4, 0.5) is 15.3 Å². The Morgan fingerprint density at radius 1 is 1.19 bits per heavy atom. The topological polar surface area (TPSA) is 143 Å². The normalized spacial score (nSPS) is 22.3. The number of amides is 6. The minimum absolute atomic E-state index is 0.0382. The highest BCUT2D eigenvalue weighted by Crippen LogP contribution is 2.38. The third-order valence-corrected chi connectivity index (χ3v) is 5.75. The average molecular weight is 446 g/mol. The van der Waals surface area contributed by atoms with Crippen molar-refractivity contribution in [3.63, 3.8) is 0 Å². The molecule has 1 aliphatic heterocycles. The van der Waals surface area contributed by atoms with Gasteiger partial charge in [0.05, 0.1) is 7.11 Å². The van der Waals surface area contributed by atoms with Crippen molar-refractivity contribution in [1.29, 1.82) is 0 Å². The van der Waals surface area contributed by atoms with Crippen molar-refractivity contribution in [2.75, 3.05) is 25.6 Å². The lowest BCUT2D eigenvalue weighted by atomic mass is 9.73. The molecule has 1 aromatic rings. The molecule has 2 atom stereocenters. The molecule has 0 radical (unpaired) electrons. The van der Waals surface area contributed by atoms with Gasteiger partial charge in [0.25, 0.3) is 11.8 Å². The number of methoxy groups -OCH3 is 1. The number of benzene rings is 1. The lowest BCUT2D eigenvalue weighted by Gasteiger charge is -2.36. The maximum atomic E-state index is 12.8. The molecule has 1 aromatic carbocycles. The summed E-state index contributed by atoms with van der Waals surface area (Å²) in [5, 5.41) is 7.20. The summed E-state index contributed by atoms with van der Waals surface area (Å²) in [6.07, 6.45) is 3.13. The zero-order chi connectivity index (χ0) is 23.3. The fourth-order valence-electron chi connectivity index (χ4n) is 3.96. The molecule has 0 bridgehead atoms. The second kappa shape index (κ2) is 9.67. The van der Waals surface area contributed by atoms with E-state index in [-0.39, 0.29) is 5.92 Å². The van der Waals surface area contributed by atoms with Gasteiger partial charge in [-0.2, -0.15) is 0 Å². The second-order valence-electron chi connectivity index (χ2n) is 7.83. The molecule has 1 saturated heterocycles. The molecule has 3 rings (SSSR count). The average Bonchev–Trinajstić information content (AvgIpc) is 2.99. The number of ether oxygens (including phenoxy) is 2. The van der Waals surface area contributed by atoms with Gasteiger partial charge in [0.15, 0.2) is 6.61 Å². The number of hydrogen-bond acceptors (Lipinski definition) is 7. The van der Waals surface area contributed by atoms with Crippen molar-refractivity contribution in [3.8, 4) is 5.75 Å². The Kier molecular flexibility index (Phi) is 6.96. The Bertz CT molecular complexity index is 917. The van der Waals surface area contributed by atoms with E-state index in [2.05, 4.69) is 10.6 Å². The summed E-state index contributed by atoms with van der Waals surface area (Å²) in [5.41, 5.74) is -0.551. The monoisotopic (exact) mass is 446 g/mol. The minimum atomic E-state index is -0.980. The molecular formula is C21H26N4O7. The van der Waals surface area contributed by atoms with E-state index in [4.69, 9.17) is 9.47 Å². The van der Waals surface area contributed by atoms with E-state index in [1.807, 2.05) is 12.2 Å². The number of rotatable bonds is 6. The number of carbonyl (C=O) groups excluding carboxylic acids is 5. The van der Waals surface area contributed by atoms with Gasteiger partial charge in [-0.05, 0) is 43.0 Å². The number of nitrogens with one attached hydrogen (secondary N) is 3. The fourth-order valence-corrected chi connectivity index (χ4v) is 3.96. The van der Waals surface area contributed by atoms with Crippen LogP contribution in [-0.2, 0) is 19.1 Å². The molecule has 6 amide bonds. The van der Waals surface area contributed by atoms with E-state index < -0.39 is 48.5 Å². The van der Waals surface area contributed by atoms with Crippen LogP contribution in [0.2, 0.25) is 0 Å². The van der Waals surface area contributed by atoms with Gasteiger partial charge in [-0.1, -0.05) is 19.8 Å². The van der Waals surface area contributed by atoms with Gasteiger partial charge in [0.1, 0.15) is 17.8 Å². The third-order valence-electron chi connectivity index (χ3n) is 5.75. The van der Waals surface area contributed by atoms with E-state index in [0.29, 0.717) is 17.9 Å². The van der Waals surface area contributed by atoms with Gasteiger partial charge >= 0.3 is 18.0 Å². The van der Waals surface area contributed by atoms with Gasteiger partial charge < -0.3 is 20.1 Å². The molecule has 0 aromatic heterocycles. The van der Waals surface area contributed by atoms with Crippen molar-refractivity contribution in [3.05, 3.63) is 24.3 Å². The lowest BCUT2D eigenvalue weighted by molar-refractivity contribution is -0.151. The van der Waals surface area contributed by atoms with E-state index in [0.717, 1.165) is 24.2 Å². The molecule has 11 nitrogen and oxygen atoms in total. The van der Waals surface area contributed by atoms with Crippen molar-refractivity contribution in [2.24, 2.45) is 5.92 Å². The molecule has 2 aliphatic rings. The standard InChI is InChI=1S/C21H26N4O7/c1-13-5-3-4-10-21(13)18(28)25(20(30)24-21)11-17(27)32-12-16(26)23-19(29)22-14-6-8-15(31-2)9-7-14/h6-9,13H,3-5,10-12H2,1-2H3,(H,24,30)(H2,22,23,26,29). The molecule has 1 heterocycles. The first-order valence-electron chi connectivity index (χ1n) is 10.3. The highest BCUT2D eigenvalue weighted by Gasteiger charge is 2.55. The van der Waals surface area contributed by atoms with Crippen LogP contribution in [0.15, 0.2) is 24.3 Å². The van der Waals surface area contributed by atoms with E-state index >= 15 is 0 Å². The van der Waals surface area contributed by atoms with Crippen LogP contribution in [0.5, 0.6) is 5.75 Å². The summed E-state index contributed by atoms with van der Waals surface area (Å²) in [5.74, 6) is -1.68. The van der Waals surface area contributed by atoms with Crippen LogP contribution in [0.1, 0.15) is 32.6 Å². The van der Waals surface area contributed by atoms with Crippen molar-refractivity contribution < 1.29 is 33.4 Å². The van der Waals surface area contributed by atoms with Crippen molar-refractivity contribution in [2.45, 2.75) is 38.1 Å². The highest BCUT2D eigenvalue weighted by molar-refractivity contribution is 6.09. The molecule has 2 unspecified atom stereocenters. The number of hydrogen-bond donors (Lipinski definition) is 3. The van der Waals surface area contributed by atoms with E-state index in [1.54, 1.807) is 24.3 Å². The predicted molar refractivity (Wildman–Crippen MR) is 112 cm³/mol. The predicted octanol–water partition coefficient (Wildman–Crippen LogP) is 1.39. The molecule has 3 N–H and O–H groups in total.